The molecule has 0 spiro atoms. The smallest absolute Gasteiger partial charge is 0.340 e. The first kappa shape index (κ1) is 28.3. The lowest BCUT2D eigenvalue weighted by Gasteiger charge is -2.56. The fraction of sp³-hybridized carbons (Fsp3) is 0.594. The molecule has 9 heteroatoms. The van der Waals surface area contributed by atoms with Gasteiger partial charge in [-0.2, -0.15) is 0 Å². The van der Waals surface area contributed by atoms with Crippen LogP contribution in [0.5, 0.6) is 0 Å². The number of nitrogens with one attached hydrogen (secondary N) is 1. The number of benzene rings is 1. The Kier molecular flexibility index (Phi) is 7.25. The third-order valence-corrected chi connectivity index (χ3v) is 11.4. The molecule has 4 bridgehead atoms. The number of sulfone groups is 1. The summed E-state index contributed by atoms with van der Waals surface area (Å²) in [6, 6.07) is 9.70. The summed E-state index contributed by atoms with van der Waals surface area (Å²) in [6.07, 6.45) is 9.28. The van der Waals surface area contributed by atoms with Crippen LogP contribution in [0, 0.1) is 23.2 Å². The number of pyridine rings is 1. The molecule has 0 aliphatic heterocycles. The summed E-state index contributed by atoms with van der Waals surface area (Å²) in [5, 5.41) is 2.54. The molecule has 5 saturated carbocycles. The highest BCUT2D eigenvalue weighted by atomic mass is 32.2. The Balaban J connectivity index is 1.20. The van der Waals surface area contributed by atoms with Crippen LogP contribution < -0.4 is 5.32 Å². The molecule has 0 radical (unpaired) electrons. The number of ether oxygens (including phenoxy) is 2. The molecule has 2 aromatic rings. The second kappa shape index (κ2) is 10.5. The Morgan fingerprint density at radius 2 is 1.59 bits per heavy atom. The van der Waals surface area contributed by atoms with Gasteiger partial charge in [-0.25, -0.2) is 18.2 Å². The minimum atomic E-state index is -3.33. The SMILES string of the molecule is CC(C)(C)OC(=O)c1ccc(NC(=O)C(OCC23CC4CC(CC(C4)C2)C3)c2ccc(S(=O)(=O)C3CC3)cc2)nc1. The van der Waals surface area contributed by atoms with Crippen LogP contribution in [0.1, 0.15) is 94.2 Å². The normalized spacial score (nSPS) is 27.8. The van der Waals surface area contributed by atoms with Crippen molar-refractivity contribution in [2.24, 2.45) is 23.2 Å². The number of amides is 1. The molecular formula is C32H40N2O6S. The standard InChI is InChI=1S/C32H40N2O6S/c1-31(2,3)40-30(36)24-6-11-27(33-18-24)34-29(35)28(23-4-7-25(8-5-23)41(37,38)26-9-10-26)39-19-32-15-20-12-21(16-32)14-22(13-20)17-32/h4-8,11,18,20-22,26,28H,9-10,12-17,19H2,1-3H3,(H,33,34,35). The highest BCUT2D eigenvalue weighted by Crippen LogP contribution is 2.60. The molecule has 5 aliphatic rings. The van der Waals surface area contributed by atoms with Gasteiger partial charge in [-0.1, -0.05) is 12.1 Å². The average molecular weight is 581 g/mol. The Morgan fingerprint density at radius 3 is 2.10 bits per heavy atom. The lowest BCUT2D eigenvalue weighted by Crippen LogP contribution is -2.48. The van der Waals surface area contributed by atoms with Crippen molar-refractivity contribution in [3.63, 3.8) is 0 Å². The molecule has 220 valence electrons. The molecule has 1 aromatic carbocycles. The molecule has 1 amide bonds. The van der Waals surface area contributed by atoms with Crippen LogP contribution >= 0.6 is 0 Å². The van der Waals surface area contributed by atoms with E-state index in [1.165, 1.54) is 25.5 Å². The summed E-state index contributed by atoms with van der Waals surface area (Å²) >= 11 is 0. The van der Waals surface area contributed by atoms with Crippen molar-refractivity contribution in [2.75, 3.05) is 11.9 Å². The summed E-state index contributed by atoms with van der Waals surface area (Å²) in [5.74, 6) is 1.70. The molecule has 7 rings (SSSR count). The van der Waals surface area contributed by atoms with Crippen LogP contribution in [-0.2, 0) is 24.1 Å². The highest BCUT2D eigenvalue weighted by molar-refractivity contribution is 7.92. The molecule has 8 nitrogen and oxygen atoms in total. The van der Waals surface area contributed by atoms with Gasteiger partial charge in [0, 0.05) is 6.20 Å². The maximum absolute atomic E-state index is 13.7. The number of hydrogen-bond donors (Lipinski definition) is 1. The van der Waals surface area contributed by atoms with Gasteiger partial charge in [-0.05, 0) is 125 Å². The van der Waals surface area contributed by atoms with Gasteiger partial charge >= 0.3 is 5.97 Å². The van der Waals surface area contributed by atoms with Crippen LogP contribution in [0.2, 0.25) is 0 Å². The number of rotatable bonds is 9. The van der Waals surface area contributed by atoms with E-state index in [-0.39, 0.29) is 21.5 Å². The Morgan fingerprint density at radius 1 is 0.976 bits per heavy atom. The second-order valence-electron chi connectivity index (χ2n) is 13.8. The number of carbonyl (C=O) groups is 2. The van der Waals surface area contributed by atoms with Gasteiger partial charge in [0.05, 0.1) is 22.3 Å². The summed E-state index contributed by atoms with van der Waals surface area (Å²) in [6.45, 7) is 5.89. The number of hydrogen-bond acceptors (Lipinski definition) is 7. The maximum atomic E-state index is 13.7. The third-order valence-electron chi connectivity index (χ3n) is 9.08. The molecule has 1 atom stereocenters. The minimum absolute atomic E-state index is 0.107. The number of aromatic nitrogens is 1. The highest BCUT2D eigenvalue weighted by Gasteiger charge is 2.51. The van der Waals surface area contributed by atoms with Crippen molar-refractivity contribution in [1.82, 2.24) is 4.98 Å². The molecule has 5 aliphatic carbocycles. The van der Waals surface area contributed by atoms with Crippen LogP contribution in [0.4, 0.5) is 5.82 Å². The van der Waals surface area contributed by atoms with Crippen molar-refractivity contribution >= 4 is 27.5 Å². The molecule has 1 N–H and O–H groups in total. The molecule has 1 unspecified atom stereocenters. The molecule has 1 aromatic heterocycles. The van der Waals surface area contributed by atoms with Gasteiger partial charge < -0.3 is 14.8 Å². The van der Waals surface area contributed by atoms with E-state index in [1.807, 2.05) is 0 Å². The summed E-state index contributed by atoms with van der Waals surface area (Å²) in [4.78, 5) is 30.6. The zero-order valence-electron chi connectivity index (χ0n) is 24.1. The quantitative estimate of drug-likeness (QED) is 0.368. The number of carbonyl (C=O) groups excluding carboxylic acids is 2. The topological polar surface area (TPSA) is 112 Å². The first-order chi connectivity index (χ1) is 19.4. The zero-order chi connectivity index (χ0) is 29.0. The van der Waals surface area contributed by atoms with E-state index in [4.69, 9.17) is 9.47 Å². The number of esters is 1. The van der Waals surface area contributed by atoms with Crippen LogP contribution in [-0.4, -0.2) is 42.7 Å². The van der Waals surface area contributed by atoms with Gasteiger partial charge in [-0.15, -0.1) is 0 Å². The Bertz CT molecular complexity index is 1370. The van der Waals surface area contributed by atoms with E-state index < -0.39 is 27.5 Å². The van der Waals surface area contributed by atoms with Crippen molar-refractivity contribution in [3.8, 4) is 0 Å². The van der Waals surface area contributed by atoms with Crippen molar-refractivity contribution in [3.05, 3.63) is 53.7 Å². The lowest BCUT2D eigenvalue weighted by molar-refractivity contribution is -0.140. The van der Waals surface area contributed by atoms with Crippen LogP contribution in [0.15, 0.2) is 47.5 Å². The summed E-state index contributed by atoms with van der Waals surface area (Å²) in [7, 11) is -3.33. The first-order valence-corrected chi connectivity index (χ1v) is 16.4. The Labute approximate surface area is 242 Å². The van der Waals surface area contributed by atoms with E-state index in [0.29, 0.717) is 36.4 Å². The predicted octanol–water partition coefficient (Wildman–Crippen LogP) is 5.89. The molecular weight excluding hydrogens is 540 g/mol. The fourth-order valence-electron chi connectivity index (χ4n) is 7.57. The molecule has 5 fully saturated rings. The predicted molar refractivity (Wildman–Crippen MR) is 154 cm³/mol. The van der Waals surface area contributed by atoms with Crippen molar-refractivity contribution in [2.45, 2.75) is 94.0 Å². The fourth-order valence-corrected chi connectivity index (χ4v) is 9.23. The number of nitrogens with zero attached hydrogens (tertiary/aromatic N) is 1. The lowest BCUT2D eigenvalue weighted by atomic mass is 9.50. The van der Waals surface area contributed by atoms with E-state index in [2.05, 4.69) is 10.3 Å². The molecule has 41 heavy (non-hydrogen) atoms. The maximum Gasteiger partial charge on any atom is 0.340 e. The second-order valence-corrected chi connectivity index (χ2v) is 16.1. The third kappa shape index (κ3) is 6.21. The monoisotopic (exact) mass is 580 g/mol. The van der Waals surface area contributed by atoms with Gasteiger partial charge in [0.15, 0.2) is 15.9 Å². The van der Waals surface area contributed by atoms with E-state index in [9.17, 15) is 18.0 Å². The van der Waals surface area contributed by atoms with E-state index >= 15 is 0 Å². The number of anilines is 1. The summed E-state index contributed by atoms with van der Waals surface area (Å²) in [5.41, 5.74) is 0.376. The van der Waals surface area contributed by atoms with Gasteiger partial charge in [0.1, 0.15) is 11.4 Å². The largest absolute Gasteiger partial charge is 0.456 e. The van der Waals surface area contributed by atoms with Crippen molar-refractivity contribution < 1.29 is 27.5 Å². The molecule has 0 saturated heterocycles. The van der Waals surface area contributed by atoms with Gasteiger partial charge in [0.25, 0.3) is 5.91 Å². The van der Waals surface area contributed by atoms with Crippen LogP contribution in [0.3, 0.4) is 0 Å². The van der Waals surface area contributed by atoms with Gasteiger partial charge in [0.2, 0.25) is 0 Å². The first-order valence-electron chi connectivity index (χ1n) is 14.8. The molecule has 1 heterocycles. The average Bonchev–Trinajstić information content (AvgIpc) is 3.74. The van der Waals surface area contributed by atoms with Crippen LogP contribution in [0.25, 0.3) is 0 Å². The van der Waals surface area contributed by atoms with Crippen molar-refractivity contribution in [1.29, 1.82) is 0 Å². The minimum Gasteiger partial charge on any atom is -0.456 e. The summed E-state index contributed by atoms with van der Waals surface area (Å²) < 4.78 is 37.4. The van der Waals surface area contributed by atoms with E-state index in [1.54, 1.807) is 57.2 Å². The Hall–Kier alpha value is -2.78. The van der Waals surface area contributed by atoms with Gasteiger partial charge in [-0.3, -0.25) is 4.79 Å². The zero-order valence-corrected chi connectivity index (χ0v) is 24.9. The van der Waals surface area contributed by atoms with E-state index in [0.717, 1.165) is 37.0 Å².